The molecule has 0 aliphatic carbocycles. The van der Waals surface area contributed by atoms with Gasteiger partial charge in [0.2, 0.25) is 5.91 Å². The van der Waals surface area contributed by atoms with E-state index < -0.39 is 0 Å². The molecule has 3 aliphatic heterocycles. The molecule has 0 spiro atoms. The van der Waals surface area contributed by atoms with Crippen molar-refractivity contribution in [2.24, 2.45) is 5.92 Å². The minimum absolute atomic E-state index is 0.0753. The van der Waals surface area contributed by atoms with Gasteiger partial charge >= 0.3 is 0 Å². The van der Waals surface area contributed by atoms with Crippen molar-refractivity contribution in [2.45, 2.75) is 77.2 Å². The van der Waals surface area contributed by atoms with Gasteiger partial charge in [0.05, 0.1) is 31.8 Å². The number of aryl methyl sites for hydroxylation is 1. The molecule has 5 rings (SSSR count). The number of amides is 1. The number of morpholine rings is 1. The van der Waals surface area contributed by atoms with E-state index in [0.29, 0.717) is 19.5 Å². The molecule has 6 nitrogen and oxygen atoms in total. The number of ether oxygens (including phenoxy) is 3. The Morgan fingerprint density at radius 2 is 1.82 bits per heavy atom. The predicted octanol–water partition coefficient (Wildman–Crippen LogP) is 5.54. The number of halogens is 1. The molecule has 0 N–H and O–H groups in total. The average molecular weight is 539 g/mol. The summed E-state index contributed by atoms with van der Waals surface area (Å²) in [5.74, 6) is 0.970. The summed E-state index contributed by atoms with van der Waals surface area (Å²) in [6.07, 6.45) is 3.78. The topological polar surface area (TPSA) is 51.2 Å². The van der Waals surface area contributed by atoms with Gasteiger partial charge in [-0.05, 0) is 74.9 Å². The highest BCUT2D eigenvalue weighted by Crippen LogP contribution is 2.51. The number of hydrogen-bond donors (Lipinski definition) is 0. The van der Waals surface area contributed by atoms with Crippen molar-refractivity contribution in [3.05, 3.63) is 65.0 Å². The van der Waals surface area contributed by atoms with Crippen molar-refractivity contribution in [3.8, 4) is 5.75 Å². The number of rotatable bonds is 9. The van der Waals surface area contributed by atoms with Crippen molar-refractivity contribution in [1.29, 1.82) is 0 Å². The lowest BCUT2D eigenvalue weighted by molar-refractivity contribution is -0.160. The molecular formula is C32H43FN2O4. The lowest BCUT2D eigenvalue weighted by Crippen LogP contribution is -2.49. The zero-order valence-corrected chi connectivity index (χ0v) is 23.7. The lowest BCUT2D eigenvalue weighted by Gasteiger charge is -2.49. The van der Waals surface area contributed by atoms with Gasteiger partial charge in [-0.2, -0.15) is 0 Å². The summed E-state index contributed by atoms with van der Waals surface area (Å²) < 4.78 is 32.1. The maximum absolute atomic E-state index is 13.7. The smallest absolute Gasteiger partial charge is 0.225 e. The quantitative estimate of drug-likeness (QED) is 0.420. The first-order chi connectivity index (χ1) is 18.8. The fourth-order valence-corrected chi connectivity index (χ4v) is 6.27. The third-order valence-corrected chi connectivity index (χ3v) is 8.61. The maximum atomic E-state index is 13.7. The van der Waals surface area contributed by atoms with E-state index in [-0.39, 0.29) is 35.5 Å². The van der Waals surface area contributed by atoms with E-state index in [2.05, 4.69) is 43.9 Å². The van der Waals surface area contributed by atoms with Gasteiger partial charge < -0.3 is 19.1 Å². The van der Waals surface area contributed by atoms with E-state index in [1.807, 2.05) is 4.90 Å². The van der Waals surface area contributed by atoms with Crippen LogP contribution in [-0.2, 0) is 27.2 Å². The van der Waals surface area contributed by atoms with E-state index >= 15 is 0 Å². The molecule has 0 bridgehead atoms. The third kappa shape index (κ3) is 6.82. The zero-order valence-electron chi connectivity index (χ0n) is 23.7. The van der Waals surface area contributed by atoms with Crippen molar-refractivity contribution in [3.63, 3.8) is 0 Å². The van der Waals surface area contributed by atoms with Crippen LogP contribution < -0.4 is 4.74 Å². The summed E-state index contributed by atoms with van der Waals surface area (Å²) in [4.78, 5) is 18.0. The van der Waals surface area contributed by atoms with E-state index in [1.165, 1.54) is 17.7 Å². The number of hydrogen-bond acceptors (Lipinski definition) is 5. The number of carbonyl (C=O) groups is 1. The van der Waals surface area contributed by atoms with Crippen molar-refractivity contribution in [1.82, 2.24) is 9.80 Å². The summed E-state index contributed by atoms with van der Waals surface area (Å²) in [6, 6.07) is 12.9. The third-order valence-electron chi connectivity index (χ3n) is 8.61. The van der Waals surface area contributed by atoms with E-state index in [0.717, 1.165) is 75.4 Å². The molecule has 2 aromatic carbocycles. The van der Waals surface area contributed by atoms with Gasteiger partial charge in [0, 0.05) is 44.2 Å². The van der Waals surface area contributed by atoms with Gasteiger partial charge in [0.15, 0.2) is 0 Å². The molecule has 0 unspecified atom stereocenters. The number of benzene rings is 2. The van der Waals surface area contributed by atoms with Gasteiger partial charge in [-0.3, -0.25) is 9.69 Å². The highest BCUT2D eigenvalue weighted by Gasteiger charge is 2.47. The Kier molecular flexibility index (Phi) is 8.89. The summed E-state index contributed by atoms with van der Waals surface area (Å²) in [7, 11) is 0. The van der Waals surface area contributed by atoms with Gasteiger partial charge in [0.1, 0.15) is 17.2 Å². The second-order valence-electron chi connectivity index (χ2n) is 11.7. The van der Waals surface area contributed by atoms with Crippen LogP contribution >= 0.6 is 0 Å². The summed E-state index contributed by atoms with van der Waals surface area (Å²) >= 11 is 0. The summed E-state index contributed by atoms with van der Waals surface area (Å²) in [6.45, 7) is 11.9. The second-order valence-corrected chi connectivity index (χ2v) is 11.7. The zero-order chi connectivity index (χ0) is 27.4. The average Bonchev–Trinajstić information content (AvgIpc) is 2.93. The van der Waals surface area contributed by atoms with Crippen LogP contribution in [-0.4, -0.2) is 66.8 Å². The van der Waals surface area contributed by atoms with Crippen LogP contribution in [0.2, 0.25) is 0 Å². The minimum Gasteiger partial charge on any atom is -0.487 e. The van der Waals surface area contributed by atoms with Crippen LogP contribution in [0.4, 0.5) is 4.39 Å². The number of carbonyl (C=O) groups excluding carboxylic acids is 1. The monoisotopic (exact) mass is 538 g/mol. The van der Waals surface area contributed by atoms with E-state index in [1.54, 1.807) is 12.1 Å². The Hall–Kier alpha value is -2.48. The van der Waals surface area contributed by atoms with Gasteiger partial charge in [0.25, 0.3) is 0 Å². The maximum Gasteiger partial charge on any atom is 0.225 e. The highest BCUT2D eigenvalue weighted by atomic mass is 19.1. The molecular weight excluding hydrogens is 495 g/mol. The van der Waals surface area contributed by atoms with Crippen molar-refractivity contribution >= 4 is 5.91 Å². The van der Waals surface area contributed by atoms with E-state index in [4.69, 9.17) is 14.2 Å². The first-order valence-electron chi connectivity index (χ1n) is 14.6. The molecule has 2 saturated heterocycles. The normalized spacial score (nSPS) is 24.4. The Balaban J connectivity index is 1.27. The SMILES string of the molecule is CCc1ccc2c(c1)[C@@H]1O[C@H](CC(=O)N(CCCN3CCOCC3)Cc3ccc(F)cc3)CC[C@H]1C(C)(C)O2. The Labute approximate surface area is 232 Å². The molecule has 0 radical (unpaired) electrons. The fourth-order valence-electron chi connectivity index (χ4n) is 6.27. The van der Waals surface area contributed by atoms with Gasteiger partial charge in [-0.25, -0.2) is 4.39 Å². The van der Waals surface area contributed by atoms with Crippen LogP contribution in [0.25, 0.3) is 0 Å². The Morgan fingerprint density at radius 1 is 1.08 bits per heavy atom. The van der Waals surface area contributed by atoms with E-state index in [9.17, 15) is 9.18 Å². The molecule has 3 heterocycles. The molecule has 7 heteroatoms. The molecule has 3 atom stereocenters. The van der Waals surface area contributed by atoms with Crippen LogP contribution in [0.5, 0.6) is 5.75 Å². The van der Waals surface area contributed by atoms with Gasteiger partial charge in [-0.1, -0.05) is 25.1 Å². The molecule has 1 amide bonds. The van der Waals surface area contributed by atoms with Crippen molar-refractivity contribution in [2.75, 3.05) is 39.4 Å². The molecule has 2 aromatic rings. The van der Waals surface area contributed by atoms with Crippen molar-refractivity contribution < 1.29 is 23.4 Å². The molecule has 3 aliphatic rings. The standard InChI is InChI=1S/C32H43FN2O4/c1-4-23-8-13-29-27(20-23)31-28(32(2,3)39-29)12-11-26(38-31)21-30(36)35(22-24-6-9-25(33)10-7-24)15-5-14-34-16-18-37-19-17-34/h6-10,13,20,26,28,31H,4-5,11-12,14-19,21-22H2,1-3H3/t26-,28+,31-/m0/s1. The first kappa shape index (κ1) is 28.1. The lowest BCUT2D eigenvalue weighted by atomic mass is 9.74. The second kappa shape index (κ2) is 12.4. The van der Waals surface area contributed by atoms with Crippen LogP contribution in [0.1, 0.15) is 69.2 Å². The Bertz CT molecular complexity index is 1120. The fraction of sp³-hybridized carbons (Fsp3) is 0.594. The molecule has 0 aromatic heterocycles. The van der Waals surface area contributed by atoms with Crippen LogP contribution in [0.3, 0.4) is 0 Å². The summed E-state index contributed by atoms with van der Waals surface area (Å²) in [5.41, 5.74) is 3.00. The Morgan fingerprint density at radius 3 is 2.56 bits per heavy atom. The molecule has 2 fully saturated rings. The van der Waals surface area contributed by atoms with Crippen LogP contribution in [0.15, 0.2) is 42.5 Å². The predicted molar refractivity (Wildman–Crippen MR) is 149 cm³/mol. The number of fused-ring (bicyclic) bond motifs is 3. The summed E-state index contributed by atoms with van der Waals surface area (Å²) in [5, 5.41) is 0. The highest BCUT2D eigenvalue weighted by molar-refractivity contribution is 5.76. The van der Waals surface area contributed by atoms with Crippen LogP contribution in [0, 0.1) is 11.7 Å². The molecule has 39 heavy (non-hydrogen) atoms. The van der Waals surface area contributed by atoms with Gasteiger partial charge in [-0.15, -0.1) is 0 Å². The largest absolute Gasteiger partial charge is 0.487 e. The first-order valence-corrected chi connectivity index (χ1v) is 14.6. The number of nitrogens with zero attached hydrogens (tertiary/aromatic N) is 2. The minimum atomic E-state index is -0.325. The molecule has 0 saturated carbocycles. The molecule has 212 valence electrons.